The highest BCUT2D eigenvalue weighted by Gasteiger charge is 2.23. The van der Waals surface area contributed by atoms with Gasteiger partial charge in [-0.15, -0.1) is 0 Å². The minimum atomic E-state index is -4.00. The van der Waals surface area contributed by atoms with E-state index >= 15 is 0 Å². The summed E-state index contributed by atoms with van der Waals surface area (Å²) in [5.74, 6) is -0.462. The number of sulfonamides is 1. The van der Waals surface area contributed by atoms with Crippen LogP contribution < -0.4 is 4.72 Å². The van der Waals surface area contributed by atoms with Crippen LogP contribution in [0.3, 0.4) is 0 Å². The van der Waals surface area contributed by atoms with E-state index in [-0.39, 0.29) is 20.4 Å². The summed E-state index contributed by atoms with van der Waals surface area (Å²) >= 11 is 0. The van der Waals surface area contributed by atoms with E-state index in [1.165, 1.54) is 30.3 Å². The van der Waals surface area contributed by atoms with Gasteiger partial charge in [0.1, 0.15) is 10.6 Å². The van der Waals surface area contributed by atoms with Crippen molar-refractivity contribution in [1.29, 1.82) is 0 Å². The van der Waals surface area contributed by atoms with Crippen molar-refractivity contribution in [3.63, 3.8) is 0 Å². The van der Waals surface area contributed by atoms with Crippen molar-refractivity contribution in [3.05, 3.63) is 78.9 Å². The molecule has 0 spiro atoms. The van der Waals surface area contributed by atoms with E-state index in [9.17, 15) is 21.9 Å². The minimum absolute atomic E-state index is 0.00151. The molecule has 0 saturated heterocycles. The van der Waals surface area contributed by atoms with Gasteiger partial charge in [0.2, 0.25) is 9.84 Å². The summed E-state index contributed by atoms with van der Waals surface area (Å²) in [6.45, 7) is 0. The fourth-order valence-corrected chi connectivity index (χ4v) is 4.80. The Hall–Kier alpha value is -2.84. The smallest absolute Gasteiger partial charge is 0.261 e. The van der Waals surface area contributed by atoms with E-state index in [1.54, 1.807) is 36.4 Å². The van der Waals surface area contributed by atoms with Crippen molar-refractivity contribution < 1.29 is 21.9 Å². The standard InChI is InChI=1S/C18H15NO5S2/c20-17-12-11-14(19-26(23,24)16-9-5-2-6-10-16)13-18(17)25(21,22)15-7-3-1-4-8-15/h1-13,19-20H. The van der Waals surface area contributed by atoms with Gasteiger partial charge < -0.3 is 5.11 Å². The predicted octanol–water partition coefficient (Wildman–Crippen LogP) is 3.03. The fraction of sp³-hybridized carbons (Fsp3) is 0. The summed E-state index contributed by atoms with van der Waals surface area (Å²) in [6.07, 6.45) is 0. The lowest BCUT2D eigenvalue weighted by molar-refractivity contribution is 0.459. The Kier molecular flexibility index (Phi) is 4.71. The number of anilines is 1. The normalized spacial score (nSPS) is 11.8. The highest BCUT2D eigenvalue weighted by Crippen LogP contribution is 2.31. The van der Waals surface area contributed by atoms with E-state index in [1.807, 2.05) is 0 Å². The first-order chi connectivity index (χ1) is 12.3. The lowest BCUT2D eigenvalue weighted by atomic mass is 10.3. The van der Waals surface area contributed by atoms with Crippen molar-refractivity contribution >= 4 is 25.5 Å². The van der Waals surface area contributed by atoms with Gasteiger partial charge in [-0.2, -0.15) is 0 Å². The summed E-state index contributed by atoms with van der Waals surface area (Å²) in [6, 6.07) is 18.8. The maximum Gasteiger partial charge on any atom is 0.261 e. The molecule has 0 fully saturated rings. The SMILES string of the molecule is O=S(=O)(Nc1ccc(O)c(S(=O)(=O)c2ccccc2)c1)c1ccccc1. The number of rotatable bonds is 5. The number of hydrogen-bond acceptors (Lipinski definition) is 5. The zero-order valence-electron chi connectivity index (χ0n) is 13.4. The summed E-state index contributed by atoms with van der Waals surface area (Å²) < 4.78 is 52.5. The van der Waals surface area contributed by atoms with Crippen molar-refractivity contribution in [3.8, 4) is 5.75 Å². The molecule has 0 amide bonds. The summed E-state index contributed by atoms with van der Waals surface area (Å²) in [7, 11) is -7.88. The Bertz CT molecular complexity index is 1130. The Morgan fingerprint density at radius 3 is 1.81 bits per heavy atom. The van der Waals surface area contributed by atoms with E-state index < -0.39 is 25.6 Å². The van der Waals surface area contributed by atoms with Crippen LogP contribution in [0.25, 0.3) is 0 Å². The summed E-state index contributed by atoms with van der Waals surface area (Å²) in [5, 5.41) is 9.99. The first kappa shape index (κ1) is 18.0. The quantitative estimate of drug-likeness (QED) is 0.653. The molecule has 3 aromatic rings. The molecule has 3 aromatic carbocycles. The molecule has 0 aliphatic heterocycles. The molecule has 26 heavy (non-hydrogen) atoms. The van der Waals surface area contributed by atoms with Crippen molar-refractivity contribution in [1.82, 2.24) is 0 Å². The largest absolute Gasteiger partial charge is 0.507 e. The monoisotopic (exact) mass is 389 g/mol. The van der Waals surface area contributed by atoms with Crippen molar-refractivity contribution in [2.75, 3.05) is 4.72 Å². The van der Waals surface area contributed by atoms with Crippen molar-refractivity contribution in [2.45, 2.75) is 14.7 Å². The van der Waals surface area contributed by atoms with E-state index in [2.05, 4.69) is 4.72 Å². The van der Waals surface area contributed by atoms with Crippen LogP contribution in [0.2, 0.25) is 0 Å². The van der Waals surface area contributed by atoms with Gasteiger partial charge in [0, 0.05) is 0 Å². The predicted molar refractivity (Wildman–Crippen MR) is 97.3 cm³/mol. The zero-order chi connectivity index (χ0) is 18.8. The second-order valence-corrected chi connectivity index (χ2v) is 9.02. The lowest BCUT2D eigenvalue weighted by Gasteiger charge is -2.11. The molecule has 3 rings (SSSR count). The van der Waals surface area contributed by atoms with Gasteiger partial charge in [-0.05, 0) is 42.5 Å². The first-order valence-electron chi connectivity index (χ1n) is 7.52. The molecule has 0 radical (unpaired) electrons. The number of benzene rings is 3. The van der Waals surface area contributed by atoms with Crippen LogP contribution in [0.1, 0.15) is 0 Å². The third-order valence-electron chi connectivity index (χ3n) is 3.61. The van der Waals surface area contributed by atoms with E-state index in [4.69, 9.17) is 0 Å². The molecule has 0 unspecified atom stereocenters. The molecule has 0 heterocycles. The molecule has 2 N–H and O–H groups in total. The van der Waals surface area contributed by atoms with Gasteiger partial charge in [-0.3, -0.25) is 4.72 Å². The second-order valence-electron chi connectivity index (χ2n) is 5.42. The molecule has 0 aliphatic carbocycles. The molecule has 0 atom stereocenters. The van der Waals surface area contributed by atoms with Crippen LogP contribution in [0.5, 0.6) is 5.75 Å². The van der Waals surface area contributed by atoms with Crippen molar-refractivity contribution in [2.24, 2.45) is 0 Å². The lowest BCUT2D eigenvalue weighted by Crippen LogP contribution is -2.13. The molecule has 0 aliphatic rings. The number of hydrogen-bond donors (Lipinski definition) is 2. The van der Waals surface area contributed by atoms with Gasteiger partial charge in [0.05, 0.1) is 15.5 Å². The Morgan fingerprint density at radius 2 is 1.23 bits per heavy atom. The van der Waals surface area contributed by atoms with Crippen LogP contribution in [0, 0.1) is 0 Å². The average molecular weight is 389 g/mol. The number of phenols is 1. The molecule has 0 saturated carbocycles. The molecule has 0 bridgehead atoms. The van der Waals surface area contributed by atoms with Crippen LogP contribution in [0.15, 0.2) is 93.5 Å². The second kappa shape index (κ2) is 6.81. The highest BCUT2D eigenvalue weighted by molar-refractivity contribution is 7.92. The maximum atomic E-state index is 12.7. The van der Waals surface area contributed by atoms with Gasteiger partial charge in [0.25, 0.3) is 10.0 Å². The Labute approximate surface area is 151 Å². The zero-order valence-corrected chi connectivity index (χ0v) is 15.0. The number of sulfone groups is 1. The summed E-state index contributed by atoms with van der Waals surface area (Å²) in [4.78, 5) is -0.337. The van der Waals surface area contributed by atoms with Gasteiger partial charge in [-0.1, -0.05) is 36.4 Å². The summed E-state index contributed by atoms with van der Waals surface area (Å²) in [5.41, 5.74) is 0.0289. The van der Waals surface area contributed by atoms with Crippen LogP contribution in [-0.2, 0) is 19.9 Å². The molecule has 134 valence electrons. The van der Waals surface area contributed by atoms with Gasteiger partial charge in [-0.25, -0.2) is 16.8 Å². The van der Waals surface area contributed by atoms with Crippen LogP contribution in [0.4, 0.5) is 5.69 Å². The molecular weight excluding hydrogens is 374 g/mol. The number of aromatic hydroxyl groups is 1. The molecule has 6 nitrogen and oxygen atoms in total. The van der Waals surface area contributed by atoms with Crippen LogP contribution in [-0.4, -0.2) is 21.9 Å². The first-order valence-corrected chi connectivity index (χ1v) is 10.5. The Morgan fingerprint density at radius 1 is 0.692 bits per heavy atom. The van der Waals surface area contributed by atoms with Crippen LogP contribution >= 0.6 is 0 Å². The molecule has 8 heteroatoms. The molecular formula is C18H15NO5S2. The molecule has 0 aromatic heterocycles. The van der Waals surface area contributed by atoms with E-state index in [0.29, 0.717) is 0 Å². The van der Waals surface area contributed by atoms with Gasteiger partial charge >= 0.3 is 0 Å². The third-order valence-corrected chi connectivity index (χ3v) is 6.80. The average Bonchev–Trinajstić information content (AvgIpc) is 2.64. The van der Waals surface area contributed by atoms with Gasteiger partial charge in [0.15, 0.2) is 0 Å². The number of phenolic OH excluding ortho intramolecular Hbond substituents is 1. The fourth-order valence-electron chi connectivity index (χ4n) is 2.33. The highest BCUT2D eigenvalue weighted by atomic mass is 32.2. The topological polar surface area (TPSA) is 101 Å². The minimum Gasteiger partial charge on any atom is -0.507 e. The number of nitrogens with one attached hydrogen (secondary N) is 1. The Balaban J connectivity index is 2.02. The van der Waals surface area contributed by atoms with E-state index in [0.717, 1.165) is 12.1 Å². The maximum absolute atomic E-state index is 12.7. The third kappa shape index (κ3) is 3.56.